The topological polar surface area (TPSA) is 51.0 Å². The van der Waals surface area contributed by atoms with Crippen LogP contribution in [-0.2, 0) is 13.0 Å². The van der Waals surface area contributed by atoms with Crippen LogP contribution in [0.25, 0.3) is 0 Å². The van der Waals surface area contributed by atoms with E-state index in [2.05, 4.69) is 15.5 Å². The Kier molecular flexibility index (Phi) is 4.50. The zero-order valence-corrected chi connectivity index (χ0v) is 11.5. The summed E-state index contributed by atoms with van der Waals surface area (Å²) in [5, 5.41) is 7.09. The van der Waals surface area contributed by atoms with E-state index < -0.39 is 5.82 Å². The summed E-state index contributed by atoms with van der Waals surface area (Å²) in [5.41, 5.74) is 0.455. The summed E-state index contributed by atoms with van der Waals surface area (Å²) in [6.45, 7) is 4.56. The highest BCUT2D eigenvalue weighted by atomic mass is 35.5. The molecule has 102 valence electrons. The zero-order valence-electron chi connectivity index (χ0n) is 10.8. The van der Waals surface area contributed by atoms with Gasteiger partial charge in [-0.05, 0) is 11.6 Å². The molecule has 2 rings (SSSR count). The van der Waals surface area contributed by atoms with Gasteiger partial charge < -0.3 is 9.84 Å². The third kappa shape index (κ3) is 3.75. The first kappa shape index (κ1) is 14.0. The molecule has 0 aliphatic carbocycles. The zero-order chi connectivity index (χ0) is 13.8. The molecule has 19 heavy (non-hydrogen) atoms. The maximum absolute atomic E-state index is 13.7. The van der Waals surface area contributed by atoms with Crippen molar-refractivity contribution >= 4 is 11.6 Å². The molecule has 0 saturated carbocycles. The monoisotopic (exact) mass is 283 g/mol. The van der Waals surface area contributed by atoms with Crippen LogP contribution in [0.3, 0.4) is 0 Å². The Morgan fingerprint density at radius 2 is 2.21 bits per heavy atom. The molecule has 4 nitrogen and oxygen atoms in total. The van der Waals surface area contributed by atoms with Crippen molar-refractivity contribution in [1.82, 2.24) is 15.5 Å². The maximum Gasteiger partial charge on any atom is 0.240 e. The van der Waals surface area contributed by atoms with Crippen LogP contribution in [0, 0.1) is 5.82 Å². The van der Waals surface area contributed by atoms with Crippen molar-refractivity contribution in [2.75, 3.05) is 0 Å². The molecule has 1 aromatic carbocycles. The average molecular weight is 284 g/mol. The number of nitrogens with one attached hydrogen (secondary N) is 1. The molecule has 0 aliphatic heterocycles. The third-order valence-electron chi connectivity index (χ3n) is 2.55. The number of hydrogen-bond acceptors (Lipinski definition) is 4. The van der Waals surface area contributed by atoms with E-state index in [-0.39, 0.29) is 11.4 Å². The SMILES string of the molecule is CC(C)NCc1nc(Cc2cccc(Cl)c2F)no1. The normalized spacial score (nSPS) is 11.2. The van der Waals surface area contributed by atoms with E-state index in [9.17, 15) is 4.39 Å². The summed E-state index contributed by atoms with van der Waals surface area (Å²) in [4.78, 5) is 4.20. The second kappa shape index (κ2) is 6.12. The van der Waals surface area contributed by atoms with Crippen molar-refractivity contribution in [3.63, 3.8) is 0 Å². The van der Waals surface area contributed by atoms with Crippen molar-refractivity contribution in [2.45, 2.75) is 32.9 Å². The van der Waals surface area contributed by atoms with Crippen molar-refractivity contribution < 1.29 is 8.91 Å². The lowest BCUT2D eigenvalue weighted by Gasteiger charge is -2.03. The van der Waals surface area contributed by atoms with Gasteiger partial charge in [0.2, 0.25) is 5.89 Å². The molecule has 0 atom stereocenters. The fraction of sp³-hybridized carbons (Fsp3) is 0.385. The predicted molar refractivity (Wildman–Crippen MR) is 70.5 cm³/mol. The fourth-order valence-corrected chi connectivity index (χ4v) is 1.77. The van der Waals surface area contributed by atoms with Crippen LogP contribution < -0.4 is 5.32 Å². The lowest BCUT2D eigenvalue weighted by Crippen LogP contribution is -2.21. The van der Waals surface area contributed by atoms with Crippen LogP contribution in [0.4, 0.5) is 4.39 Å². The van der Waals surface area contributed by atoms with E-state index in [4.69, 9.17) is 16.1 Å². The minimum Gasteiger partial charge on any atom is -0.338 e. The molecule has 1 aromatic heterocycles. The molecule has 0 amide bonds. The lowest BCUT2D eigenvalue weighted by molar-refractivity contribution is 0.358. The number of aromatic nitrogens is 2. The Labute approximate surface area is 116 Å². The Morgan fingerprint density at radius 3 is 2.95 bits per heavy atom. The van der Waals surface area contributed by atoms with Crippen molar-refractivity contribution in [3.8, 4) is 0 Å². The number of benzene rings is 1. The van der Waals surface area contributed by atoms with Crippen molar-refractivity contribution in [1.29, 1.82) is 0 Å². The lowest BCUT2D eigenvalue weighted by atomic mass is 10.1. The fourth-order valence-electron chi connectivity index (χ4n) is 1.58. The van der Waals surface area contributed by atoms with Crippen molar-refractivity contribution in [2.24, 2.45) is 0 Å². The Balaban J connectivity index is 2.05. The number of rotatable bonds is 5. The maximum atomic E-state index is 13.7. The second-order valence-electron chi connectivity index (χ2n) is 4.53. The first-order valence-electron chi connectivity index (χ1n) is 6.04. The van der Waals surface area contributed by atoms with Gasteiger partial charge in [-0.2, -0.15) is 4.98 Å². The van der Waals surface area contributed by atoms with Crippen LogP contribution in [0.15, 0.2) is 22.7 Å². The van der Waals surface area contributed by atoms with Gasteiger partial charge >= 0.3 is 0 Å². The van der Waals surface area contributed by atoms with Gasteiger partial charge in [-0.3, -0.25) is 0 Å². The number of nitrogens with zero attached hydrogens (tertiary/aromatic N) is 2. The van der Waals surface area contributed by atoms with Crippen LogP contribution >= 0.6 is 11.6 Å². The minimum absolute atomic E-state index is 0.0997. The molecule has 0 saturated heterocycles. The minimum atomic E-state index is -0.434. The van der Waals surface area contributed by atoms with Crippen LogP contribution in [0.1, 0.15) is 31.1 Å². The second-order valence-corrected chi connectivity index (χ2v) is 4.94. The molecular weight excluding hydrogens is 269 g/mol. The van der Waals surface area contributed by atoms with Gasteiger partial charge in [-0.15, -0.1) is 0 Å². The molecule has 1 heterocycles. The van der Waals surface area contributed by atoms with Gasteiger partial charge in [0.25, 0.3) is 0 Å². The summed E-state index contributed by atoms with van der Waals surface area (Å²) in [6, 6.07) is 5.20. The Bertz CT molecular complexity index is 557. The number of hydrogen-bond donors (Lipinski definition) is 1. The summed E-state index contributed by atoms with van der Waals surface area (Å²) < 4.78 is 18.8. The number of halogens is 2. The Morgan fingerprint density at radius 1 is 1.42 bits per heavy atom. The van der Waals surface area contributed by atoms with E-state index in [0.29, 0.717) is 29.9 Å². The van der Waals surface area contributed by atoms with Gasteiger partial charge in [-0.25, -0.2) is 4.39 Å². The molecule has 0 unspecified atom stereocenters. The molecule has 0 radical (unpaired) electrons. The molecule has 0 spiro atoms. The summed E-state index contributed by atoms with van der Waals surface area (Å²) in [6.07, 6.45) is 0.261. The van der Waals surface area contributed by atoms with E-state index in [1.807, 2.05) is 13.8 Å². The molecule has 6 heteroatoms. The molecular formula is C13H15ClFN3O. The van der Waals surface area contributed by atoms with Gasteiger partial charge in [-0.1, -0.05) is 42.7 Å². The first-order valence-corrected chi connectivity index (χ1v) is 6.42. The van der Waals surface area contributed by atoms with E-state index in [0.717, 1.165) is 0 Å². The van der Waals surface area contributed by atoms with Gasteiger partial charge in [0.1, 0.15) is 5.82 Å². The van der Waals surface area contributed by atoms with Crippen LogP contribution in [-0.4, -0.2) is 16.2 Å². The molecule has 0 fully saturated rings. The van der Waals surface area contributed by atoms with Gasteiger partial charge in [0.05, 0.1) is 11.6 Å². The third-order valence-corrected chi connectivity index (χ3v) is 2.84. The average Bonchev–Trinajstić information content (AvgIpc) is 2.80. The van der Waals surface area contributed by atoms with E-state index in [1.54, 1.807) is 12.1 Å². The molecule has 1 N–H and O–H groups in total. The highest BCUT2D eigenvalue weighted by Gasteiger charge is 2.11. The molecule has 0 aliphatic rings. The highest BCUT2D eigenvalue weighted by molar-refractivity contribution is 6.30. The molecule has 2 aromatic rings. The standard InChI is InChI=1S/C13H15ClFN3O/c1-8(2)16-7-12-17-11(18-19-12)6-9-4-3-5-10(14)13(9)15/h3-5,8,16H,6-7H2,1-2H3. The summed E-state index contributed by atoms with van der Waals surface area (Å²) in [5.74, 6) is 0.503. The predicted octanol–water partition coefficient (Wildman–Crippen LogP) is 2.95. The van der Waals surface area contributed by atoms with Crippen LogP contribution in [0.5, 0.6) is 0 Å². The van der Waals surface area contributed by atoms with E-state index >= 15 is 0 Å². The summed E-state index contributed by atoms with van der Waals surface area (Å²) >= 11 is 5.72. The van der Waals surface area contributed by atoms with Crippen molar-refractivity contribution in [3.05, 3.63) is 46.3 Å². The highest BCUT2D eigenvalue weighted by Crippen LogP contribution is 2.19. The van der Waals surface area contributed by atoms with E-state index in [1.165, 1.54) is 6.07 Å². The quantitative estimate of drug-likeness (QED) is 0.917. The first-order chi connectivity index (χ1) is 9.06. The van der Waals surface area contributed by atoms with Gasteiger partial charge in [0.15, 0.2) is 5.82 Å². The van der Waals surface area contributed by atoms with Gasteiger partial charge in [0, 0.05) is 12.5 Å². The summed E-state index contributed by atoms with van der Waals surface area (Å²) in [7, 11) is 0. The largest absolute Gasteiger partial charge is 0.338 e. The Hall–Kier alpha value is -1.46. The molecule has 0 bridgehead atoms. The van der Waals surface area contributed by atoms with Crippen LogP contribution in [0.2, 0.25) is 5.02 Å². The smallest absolute Gasteiger partial charge is 0.240 e.